The van der Waals surface area contributed by atoms with Gasteiger partial charge in [0.2, 0.25) is 0 Å². The van der Waals surface area contributed by atoms with Crippen molar-refractivity contribution in [1.82, 2.24) is 5.32 Å². The number of hydrogen-bond donors (Lipinski definition) is 1. The van der Waals surface area contributed by atoms with Crippen molar-refractivity contribution in [2.45, 2.75) is 33.3 Å². The third-order valence-corrected chi connectivity index (χ3v) is 2.18. The Morgan fingerprint density at radius 1 is 0.913 bits per heavy atom. The van der Waals surface area contributed by atoms with Gasteiger partial charge in [-0.05, 0) is 27.7 Å². The fourth-order valence-corrected chi connectivity index (χ4v) is 1.34. The van der Waals surface area contributed by atoms with Crippen LogP contribution in [0.5, 0.6) is 0 Å². The molecule has 0 bridgehead atoms. The number of amides is 1. The number of nitrogens with one attached hydrogen (secondary N) is 1. The third-order valence-electron chi connectivity index (χ3n) is 2.18. The smallest absolute Gasteiger partial charge is 0.407 e. The van der Waals surface area contributed by atoms with Crippen LogP contribution in [0.3, 0.4) is 0 Å². The summed E-state index contributed by atoms with van der Waals surface area (Å²) in [6.45, 7) is 9.69. The van der Waals surface area contributed by atoms with Crippen LogP contribution in [0.4, 0.5) is 4.79 Å². The molecule has 0 aliphatic rings. The third kappa shape index (κ3) is 16.8. The van der Waals surface area contributed by atoms with Gasteiger partial charge in [-0.3, -0.25) is 0 Å². The maximum atomic E-state index is 11.3. The van der Waals surface area contributed by atoms with Crippen molar-refractivity contribution in [1.29, 1.82) is 0 Å². The second kappa shape index (κ2) is 13.1. The summed E-state index contributed by atoms with van der Waals surface area (Å²) in [7, 11) is 0. The first-order valence-corrected chi connectivity index (χ1v) is 7.71. The van der Waals surface area contributed by atoms with E-state index in [4.69, 9.17) is 23.7 Å². The molecule has 0 saturated carbocycles. The zero-order valence-electron chi connectivity index (χ0n) is 14.5. The first kappa shape index (κ1) is 21.6. The Morgan fingerprint density at radius 3 is 2.04 bits per heavy atom. The number of carbonyl (C=O) groups excluding carboxylic acids is 2. The zero-order chi connectivity index (χ0) is 17.6. The molecule has 23 heavy (non-hydrogen) atoms. The summed E-state index contributed by atoms with van der Waals surface area (Å²) in [5, 5.41) is 2.59. The minimum absolute atomic E-state index is 0.0654. The van der Waals surface area contributed by atoms with Gasteiger partial charge in [0.05, 0.1) is 39.6 Å². The number of carbonyl (C=O) groups is 2. The summed E-state index contributed by atoms with van der Waals surface area (Å²) in [4.78, 5) is 22.3. The molecule has 1 amide bonds. The summed E-state index contributed by atoms with van der Waals surface area (Å²) < 4.78 is 25.4. The van der Waals surface area contributed by atoms with Crippen molar-refractivity contribution in [2.24, 2.45) is 0 Å². The van der Waals surface area contributed by atoms with Crippen molar-refractivity contribution in [3.05, 3.63) is 0 Å². The quantitative estimate of drug-likeness (QED) is 0.422. The van der Waals surface area contributed by atoms with Gasteiger partial charge in [-0.15, -0.1) is 0 Å². The molecule has 8 heteroatoms. The molecule has 1 N–H and O–H groups in total. The Kier molecular flexibility index (Phi) is 12.3. The molecule has 0 saturated heterocycles. The summed E-state index contributed by atoms with van der Waals surface area (Å²) in [5.41, 5.74) is -0.506. The fourth-order valence-electron chi connectivity index (χ4n) is 1.34. The Balaban J connectivity index is 3.25. The Hall–Kier alpha value is -1.38. The van der Waals surface area contributed by atoms with E-state index < -0.39 is 11.7 Å². The molecule has 0 atom stereocenters. The summed E-state index contributed by atoms with van der Waals surface area (Å²) in [6.07, 6.45) is -0.462. The van der Waals surface area contributed by atoms with Crippen molar-refractivity contribution >= 4 is 12.1 Å². The predicted octanol–water partition coefficient (Wildman–Crippen LogP) is 1.12. The van der Waals surface area contributed by atoms with Crippen LogP contribution >= 0.6 is 0 Å². The number of rotatable bonds is 12. The molecule has 8 nitrogen and oxygen atoms in total. The van der Waals surface area contributed by atoms with Crippen LogP contribution in [0, 0.1) is 0 Å². The highest BCUT2D eigenvalue weighted by atomic mass is 16.6. The second-order valence-electron chi connectivity index (χ2n) is 5.51. The monoisotopic (exact) mass is 335 g/mol. The van der Waals surface area contributed by atoms with Gasteiger partial charge in [0.1, 0.15) is 12.2 Å². The van der Waals surface area contributed by atoms with Crippen molar-refractivity contribution in [3.63, 3.8) is 0 Å². The number of ether oxygens (including phenoxy) is 5. The summed E-state index contributed by atoms with van der Waals surface area (Å²) in [5.74, 6) is -0.381. The highest BCUT2D eigenvalue weighted by Gasteiger charge is 2.15. The van der Waals surface area contributed by atoms with Gasteiger partial charge >= 0.3 is 12.1 Å². The molecular weight excluding hydrogens is 306 g/mol. The lowest BCUT2D eigenvalue weighted by Gasteiger charge is -2.19. The lowest BCUT2D eigenvalue weighted by Crippen LogP contribution is -2.34. The topological polar surface area (TPSA) is 92.3 Å². The molecule has 0 aromatic rings. The maximum absolute atomic E-state index is 11.3. The van der Waals surface area contributed by atoms with E-state index in [1.54, 1.807) is 27.7 Å². The van der Waals surface area contributed by atoms with E-state index in [-0.39, 0.29) is 12.6 Å². The van der Waals surface area contributed by atoms with E-state index in [9.17, 15) is 9.59 Å². The van der Waals surface area contributed by atoms with Crippen LogP contribution in [0.15, 0.2) is 0 Å². The van der Waals surface area contributed by atoms with E-state index in [2.05, 4.69) is 5.32 Å². The first-order chi connectivity index (χ1) is 10.8. The minimum Gasteiger partial charge on any atom is -0.464 e. The van der Waals surface area contributed by atoms with E-state index >= 15 is 0 Å². The van der Waals surface area contributed by atoms with Crippen LogP contribution < -0.4 is 5.32 Å². The SMILES string of the molecule is CCOC(=O)COCCOCCOCCNC(=O)OC(C)(C)C. The van der Waals surface area contributed by atoms with Crippen LogP contribution in [0.2, 0.25) is 0 Å². The molecule has 0 aromatic heterocycles. The number of hydrogen-bond acceptors (Lipinski definition) is 7. The van der Waals surface area contributed by atoms with Gasteiger partial charge in [-0.2, -0.15) is 0 Å². The first-order valence-electron chi connectivity index (χ1n) is 7.71. The molecule has 0 aliphatic heterocycles. The molecule has 0 unspecified atom stereocenters. The average Bonchev–Trinajstić information content (AvgIpc) is 2.43. The predicted molar refractivity (Wildman–Crippen MR) is 83.3 cm³/mol. The van der Waals surface area contributed by atoms with Crippen molar-refractivity contribution in [3.8, 4) is 0 Å². The van der Waals surface area contributed by atoms with Crippen LogP contribution in [-0.2, 0) is 28.5 Å². The molecule has 0 aliphatic carbocycles. The Labute approximate surface area is 137 Å². The zero-order valence-corrected chi connectivity index (χ0v) is 14.5. The van der Waals surface area contributed by atoms with Gasteiger partial charge in [-0.25, -0.2) is 9.59 Å². The van der Waals surface area contributed by atoms with E-state index in [0.717, 1.165) is 0 Å². The highest BCUT2D eigenvalue weighted by Crippen LogP contribution is 2.05. The fraction of sp³-hybridized carbons (Fsp3) is 0.867. The largest absolute Gasteiger partial charge is 0.464 e. The van der Waals surface area contributed by atoms with Gasteiger partial charge in [0.15, 0.2) is 0 Å². The molecule has 0 aromatic carbocycles. The summed E-state index contributed by atoms with van der Waals surface area (Å²) in [6, 6.07) is 0. The van der Waals surface area contributed by atoms with E-state index in [1.165, 1.54) is 0 Å². The van der Waals surface area contributed by atoms with E-state index in [0.29, 0.717) is 46.2 Å². The van der Waals surface area contributed by atoms with Crippen LogP contribution in [-0.4, -0.2) is 70.5 Å². The average molecular weight is 335 g/mol. The molecular formula is C15H29NO7. The highest BCUT2D eigenvalue weighted by molar-refractivity contribution is 5.70. The van der Waals surface area contributed by atoms with Gasteiger partial charge < -0.3 is 29.0 Å². The molecule has 0 heterocycles. The summed E-state index contributed by atoms with van der Waals surface area (Å²) >= 11 is 0. The minimum atomic E-state index is -0.506. The molecule has 0 rings (SSSR count). The van der Waals surface area contributed by atoms with Gasteiger partial charge in [0.25, 0.3) is 0 Å². The number of alkyl carbamates (subject to hydrolysis) is 1. The normalized spacial score (nSPS) is 11.1. The lowest BCUT2D eigenvalue weighted by molar-refractivity contribution is -0.148. The Morgan fingerprint density at radius 2 is 1.48 bits per heavy atom. The second-order valence-corrected chi connectivity index (χ2v) is 5.51. The maximum Gasteiger partial charge on any atom is 0.407 e. The van der Waals surface area contributed by atoms with Crippen molar-refractivity contribution < 1.29 is 33.3 Å². The van der Waals surface area contributed by atoms with Crippen molar-refractivity contribution in [2.75, 3.05) is 52.8 Å². The van der Waals surface area contributed by atoms with Crippen LogP contribution in [0.1, 0.15) is 27.7 Å². The number of esters is 1. The molecule has 0 spiro atoms. The molecule has 0 radical (unpaired) electrons. The van der Waals surface area contributed by atoms with E-state index in [1.807, 2.05) is 0 Å². The Bertz CT molecular complexity index is 328. The standard InChI is InChI=1S/C15H29NO7/c1-5-22-13(17)12-21-11-10-20-9-8-19-7-6-16-14(18)23-15(2,3)4/h5-12H2,1-4H3,(H,16,18). The molecule has 136 valence electrons. The van der Waals surface area contributed by atoms with Gasteiger partial charge in [0, 0.05) is 6.54 Å². The molecule has 0 fully saturated rings. The lowest BCUT2D eigenvalue weighted by atomic mass is 10.2. The van der Waals surface area contributed by atoms with Gasteiger partial charge in [-0.1, -0.05) is 0 Å². The van der Waals surface area contributed by atoms with Crippen LogP contribution in [0.25, 0.3) is 0 Å².